The maximum Gasteiger partial charge on any atom is 0.516 e. The minimum Gasteiger partial charge on any atom is -0.434 e. The van der Waals surface area contributed by atoms with Crippen molar-refractivity contribution in [3.05, 3.63) is 38.8 Å². The second-order valence-electron chi connectivity index (χ2n) is 4.72. The van der Waals surface area contributed by atoms with Gasteiger partial charge in [-0.2, -0.15) is 9.50 Å². The van der Waals surface area contributed by atoms with E-state index in [-0.39, 0.29) is 24.0 Å². The highest BCUT2D eigenvalue weighted by atomic mass is 16.7. The third kappa shape index (κ3) is 2.41. The van der Waals surface area contributed by atoms with E-state index >= 15 is 0 Å². The number of nitrogens with zero attached hydrogens (tertiary/aromatic N) is 5. The van der Waals surface area contributed by atoms with Gasteiger partial charge in [-0.1, -0.05) is 0 Å². The molecule has 0 spiro atoms. The Kier molecular flexibility index (Phi) is 3.60. The van der Waals surface area contributed by atoms with Crippen molar-refractivity contribution in [3.8, 4) is 6.01 Å². The SMILES string of the molecule is CCOC(=O)Oc1nc2c3cc([N+](=O)[O-])ccc3n(C)c(=O)n2n1. The Bertz CT molecular complexity index is 1040. The predicted octanol–water partition coefficient (Wildman–Crippen LogP) is 1.02. The molecule has 0 amide bonds. The number of non-ortho nitro benzene ring substituents is 1. The molecule has 0 aliphatic heterocycles. The third-order valence-corrected chi connectivity index (χ3v) is 3.29. The Morgan fingerprint density at radius 1 is 1.42 bits per heavy atom. The molecule has 0 fully saturated rings. The van der Waals surface area contributed by atoms with Crippen LogP contribution in [0.15, 0.2) is 23.0 Å². The van der Waals surface area contributed by atoms with Gasteiger partial charge in [0.25, 0.3) is 5.69 Å². The van der Waals surface area contributed by atoms with E-state index < -0.39 is 16.8 Å². The number of rotatable bonds is 3. The lowest BCUT2D eigenvalue weighted by atomic mass is 10.2. The van der Waals surface area contributed by atoms with Gasteiger partial charge < -0.3 is 9.47 Å². The van der Waals surface area contributed by atoms with Crippen molar-refractivity contribution in [3.63, 3.8) is 0 Å². The first kappa shape index (κ1) is 15.4. The van der Waals surface area contributed by atoms with Gasteiger partial charge in [-0.3, -0.25) is 14.7 Å². The van der Waals surface area contributed by atoms with Gasteiger partial charge in [-0.25, -0.2) is 9.59 Å². The van der Waals surface area contributed by atoms with Crippen molar-refractivity contribution in [2.24, 2.45) is 7.05 Å². The van der Waals surface area contributed by atoms with Crippen LogP contribution in [0.1, 0.15) is 6.92 Å². The van der Waals surface area contributed by atoms with E-state index in [1.807, 2.05) is 0 Å². The number of aryl methyl sites for hydroxylation is 1. The van der Waals surface area contributed by atoms with Crippen molar-refractivity contribution in [1.29, 1.82) is 0 Å². The summed E-state index contributed by atoms with van der Waals surface area (Å²) in [4.78, 5) is 38.0. The molecule has 0 atom stereocenters. The van der Waals surface area contributed by atoms with E-state index in [0.717, 1.165) is 4.52 Å². The first-order valence-corrected chi connectivity index (χ1v) is 6.81. The van der Waals surface area contributed by atoms with Crippen LogP contribution in [0.25, 0.3) is 16.6 Å². The molecule has 1 aromatic carbocycles. The first-order valence-electron chi connectivity index (χ1n) is 6.81. The average Bonchev–Trinajstić information content (AvgIpc) is 2.96. The summed E-state index contributed by atoms with van der Waals surface area (Å²) in [5.74, 6) is 0. The maximum absolute atomic E-state index is 12.3. The fourth-order valence-electron chi connectivity index (χ4n) is 2.22. The Balaban J connectivity index is 2.26. The van der Waals surface area contributed by atoms with Gasteiger partial charge in [0.1, 0.15) is 0 Å². The minimum absolute atomic E-state index is 0.0381. The van der Waals surface area contributed by atoms with Crippen molar-refractivity contribution in [1.82, 2.24) is 19.2 Å². The molecule has 0 saturated carbocycles. The second kappa shape index (κ2) is 5.61. The molecule has 0 saturated heterocycles. The van der Waals surface area contributed by atoms with E-state index in [1.54, 1.807) is 6.92 Å². The van der Waals surface area contributed by atoms with Crippen LogP contribution in [0.5, 0.6) is 6.01 Å². The third-order valence-electron chi connectivity index (χ3n) is 3.29. The first-order chi connectivity index (χ1) is 11.4. The lowest BCUT2D eigenvalue weighted by Gasteiger charge is -2.05. The zero-order valence-electron chi connectivity index (χ0n) is 12.6. The summed E-state index contributed by atoms with van der Waals surface area (Å²) < 4.78 is 11.5. The topological polar surface area (TPSA) is 131 Å². The van der Waals surface area contributed by atoms with Gasteiger partial charge in [-0.15, -0.1) is 5.10 Å². The zero-order chi connectivity index (χ0) is 17.4. The summed E-state index contributed by atoms with van der Waals surface area (Å²) in [6, 6.07) is 3.61. The Labute approximate surface area is 133 Å². The second-order valence-corrected chi connectivity index (χ2v) is 4.72. The molecule has 2 heterocycles. The lowest BCUT2D eigenvalue weighted by molar-refractivity contribution is -0.384. The van der Waals surface area contributed by atoms with Crippen molar-refractivity contribution < 1.29 is 19.2 Å². The van der Waals surface area contributed by atoms with Crippen LogP contribution >= 0.6 is 0 Å². The monoisotopic (exact) mass is 333 g/mol. The molecule has 0 bridgehead atoms. The van der Waals surface area contributed by atoms with Crippen LogP contribution in [0.2, 0.25) is 0 Å². The van der Waals surface area contributed by atoms with E-state index in [4.69, 9.17) is 4.74 Å². The van der Waals surface area contributed by atoms with Crippen LogP contribution in [0, 0.1) is 10.1 Å². The Hall–Kier alpha value is -3.50. The number of benzene rings is 1. The van der Waals surface area contributed by atoms with Gasteiger partial charge in [0.2, 0.25) is 0 Å². The number of hydrogen-bond acceptors (Lipinski definition) is 8. The van der Waals surface area contributed by atoms with E-state index in [2.05, 4.69) is 14.8 Å². The molecule has 2 aromatic heterocycles. The summed E-state index contributed by atoms with van der Waals surface area (Å²) in [6.45, 7) is 1.70. The molecule has 11 nitrogen and oxygen atoms in total. The molecule has 0 aliphatic carbocycles. The lowest BCUT2D eigenvalue weighted by Crippen LogP contribution is -2.25. The van der Waals surface area contributed by atoms with E-state index in [9.17, 15) is 19.7 Å². The van der Waals surface area contributed by atoms with Crippen LogP contribution in [0.3, 0.4) is 0 Å². The largest absolute Gasteiger partial charge is 0.516 e. The summed E-state index contributed by atoms with van der Waals surface area (Å²) >= 11 is 0. The van der Waals surface area contributed by atoms with Crippen LogP contribution in [0.4, 0.5) is 10.5 Å². The molecule has 3 rings (SSSR count). The normalized spacial score (nSPS) is 10.9. The predicted molar refractivity (Wildman–Crippen MR) is 80.0 cm³/mol. The van der Waals surface area contributed by atoms with Gasteiger partial charge in [0, 0.05) is 19.2 Å². The molecular weight excluding hydrogens is 322 g/mol. The minimum atomic E-state index is -1.01. The van der Waals surface area contributed by atoms with E-state index in [1.165, 1.54) is 29.8 Å². The molecule has 11 heteroatoms. The highest BCUT2D eigenvalue weighted by molar-refractivity contribution is 5.93. The average molecular weight is 333 g/mol. The number of aromatic nitrogens is 4. The summed E-state index contributed by atoms with van der Waals surface area (Å²) in [6.07, 6.45) is -1.01. The van der Waals surface area contributed by atoms with Gasteiger partial charge in [-0.05, 0) is 13.0 Å². The number of fused-ring (bicyclic) bond motifs is 3. The van der Waals surface area contributed by atoms with Crippen LogP contribution < -0.4 is 10.4 Å². The standard InChI is InChI=1S/C13H11N5O6/c1-3-23-13(20)24-11-14-10-8-6-7(18(21)22)4-5-9(8)16(2)12(19)17(10)15-11/h4-6H,3H2,1-2H3. The number of nitro benzene ring substituents is 1. The van der Waals surface area contributed by atoms with Gasteiger partial charge in [0.15, 0.2) is 5.65 Å². The maximum atomic E-state index is 12.3. The summed E-state index contributed by atoms with van der Waals surface area (Å²) in [7, 11) is 1.49. The van der Waals surface area contributed by atoms with Gasteiger partial charge >= 0.3 is 17.9 Å². The summed E-state index contributed by atoms with van der Waals surface area (Å²) in [5, 5.41) is 15.1. The summed E-state index contributed by atoms with van der Waals surface area (Å²) in [5.41, 5.74) is -0.249. The highest BCUT2D eigenvalue weighted by Gasteiger charge is 2.18. The smallest absolute Gasteiger partial charge is 0.434 e. The quantitative estimate of drug-likeness (QED) is 0.394. The highest BCUT2D eigenvalue weighted by Crippen LogP contribution is 2.23. The zero-order valence-corrected chi connectivity index (χ0v) is 12.6. The van der Waals surface area contributed by atoms with Crippen molar-refractivity contribution in [2.75, 3.05) is 6.61 Å². The molecule has 0 N–H and O–H groups in total. The molecule has 3 aromatic rings. The van der Waals surface area contributed by atoms with Crippen LogP contribution in [-0.2, 0) is 11.8 Å². The molecule has 0 aliphatic rings. The fraction of sp³-hybridized carbons (Fsp3) is 0.231. The van der Waals surface area contributed by atoms with Crippen molar-refractivity contribution >= 4 is 28.4 Å². The fourth-order valence-corrected chi connectivity index (χ4v) is 2.22. The number of ether oxygens (including phenoxy) is 2. The molecule has 124 valence electrons. The Morgan fingerprint density at radius 2 is 2.17 bits per heavy atom. The molecule has 0 radical (unpaired) electrons. The van der Waals surface area contributed by atoms with Gasteiger partial charge in [0.05, 0.1) is 22.4 Å². The molecule has 0 unspecified atom stereocenters. The number of nitro groups is 1. The van der Waals surface area contributed by atoms with E-state index in [0.29, 0.717) is 10.9 Å². The molecule has 24 heavy (non-hydrogen) atoms. The van der Waals surface area contributed by atoms with Crippen molar-refractivity contribution in [2.45, 2.75) is 6.92 Å². The number of carbonyl (C=O) groups excluding carboxylic acids is 1. The number of carbonyl (C=O) groups is 1. The Morgan fingerprint density at radius 3 is 2.83 bits per heavy atom. The number of hydrogen-bond donors (Lipinski definition) is 0. The molecular formula is C13H11N5O6. The van der Waals surface area contributed by atoms with Crippen LogP contribution in [-0.4, -0.2) is 36.9 Å².